The van der Waals surface area contributed by atoms with Gasteiger partial charge < -0.3 is 9.64 Å². The maximum absolute atomic E-state index is 12.8. The van der Waals surface area contributed by atoms with E-state index < -0.39 is 11.7 Å². The van der Waals surface area contributed by atoms with Gasteiger partial charge >= 0.3 is 6.18 Å². The standard InChI is InChI=1S/C21H17F3N2O/c22-21(23,24)18-7-4-15(5-8-18)16-6-9-19-17(13-16)14-26(11-12-27-19)20-3-1-2-10-25-20/h1-10,13H,11-12,14H2. The minimum atomic E-state index is -4.33. The Hall–Kier alpha value is -3.02. The molecule has 0 saturated carbocycles. The van der Waals surface area contributed by atoms with E-state index in [1.54, 1.807) is 6.20 Å². The highest BCUT2D eigenvalue weighted by atomic mass is 19.4. The van der Waals surface area contributed by atoms with Gasteiger partial charge in [-0.15, -0.1) is 0 Å². The number of rotatable bonds is 2. The molecule has 3 aromatic rings. The molecule has 6 heteroatoms. The lowest BCUT2D eigenvalue weighted by molar-refractivity contribution is -0.137. The largest absolute Gasteiger partial charge is 0.491 e. The first-order valence-electron chi connectivity index (χ1n) is 8.60. The Balaban J connectivity index is 1.64. The summed E-state index contributed by atoms with van der Waals surface area (Å²) in [4.78, 5) is 6.52. The van der Waals surface area contributed by atoms with Crippen molar-refractivity contribution in [3.8, 4) is 16.9 Å². The quantitative estimate of drug-likeness (QED) is 0.623. The van der Waals surface area contributed by atoms with Crippen LogP contribution in [0.2, 0.25) is 0 Å². The Morgan fingerprint density at radius 3 is 2.41 bits per heavy atom. The van der Waals surface area contributed by atoms with E-state index in [4.69, 9.17) is 4.74 Å². The molecule has 27 heavy (non-hydrogen) atoms. The molecule has 1 aliphatic rings. The zero-order chi connectivity index (χ0) is 18.9. The SMILES string of the molecule is FC(F)(F)c1ccc(-c2ccc3c(c2)CN(c2ccccn2)CCO3)cc1. The lowest BCUT2D eigenvalue weighted by atomic mass is 10.0. The normalized spacial score (nSPS) is 14.3. The molecule has 2 heterocycles. The van der Waals surface area contributed by atoms with E-state index in [2.05, 4.69) is 9.88 Å². The molecule has 0 unspecified atom stereocenters. The van der Waals surface area contributed by atoms with E-state index in [1.165, 1.54) is 12.1 Å². The zero-order valence-electron chi connectivity index (χ0n) is 14.4. The summed E-state index contributed by atoms with van der Waals surface area (Å²) in [6.45, 7) is 1.88. The summed E-state index contributed by atoms with van der Waals surface area (Å²) in [7, 11) is 0. The van der Waals surface area contributed by atoms with Crippen molar-refractivity contribution < 1.29 is 17.9 Å². The molecule has 0 spiro atoms. The Labute approximate surface area is 155 Å². The van der Waals surface area contributed by atoms with Crippen molar-refractivity contribution in [3.63, 3.8) is 0 Å². The van der Waals surface area contributed by atoms with Crippen LogP contribution in [0.4, 0.5) is 19.0 Å². The number of pyridine rings is 1. The monoisotopic (exact) mass is 370 g/mol. The molecule has 0 aliphatic carbocycles. The molecular formula is C21H17F3N2O. The maximum Gasteiger partial charge on any atom is 0.416 e. The summed E-state index contributed by atoms with van der Waals surface area (Å²) >= 11 is 0. The van der Waals surface area contributed by atoms with Gasteiger partial charge in [0.25, 0.3) is 0 Å². The van der Waals surface area contributed by atoms with Crippen molar-refractivity contribution in [1.82, 2.24) is 4.98 Å². The van der Waals surface area contributed by atoms with Crippen LogP contribution in [0, 0.1) is 0 Å². The van der Waals surface area contributed by atoms with Gasteiger partial charge in [-0.3, -0.25) is 0 Å². The van der Waals surface area contributed by atoms with E-state index in [1.807, 2.05) is 36.4 Å². The molecule has 0 radical (unpaired) electrons. The van der Waals surface area contributed by atoms with Gasteiger partial charge in [0, 0.05) is 18.3 Å². The van der Waals surface area contributed by atoms with Gasteiger partial charge in [-0.05, 0) is 47.5 Å². The molecule has 0 saturated heterocycles. The van der Waals surface area contributed by atoms with E-state index in [-0.39, 0.29) is 0 Å². The van der Waals surface area contributed by atoms with Gasteiger partial charge in [0.2, 0.25) is 0 Å². The fourth-order valence-electron chi connectivity index (χ4n) is 3.16. The van der Waals surface area contributed by atoms with Gasteiger partial charge in [0.15, 0.2) is 0 Å². The lowest BCUT2D eigenvalue weighted by Gasteiger charge is -2.20. The Morgan fingerprint density at radius 2 is 1.70 bits per heavy atom. The topological polar surface area (TPSA) is 25.4 Å². The highest BCUT2D eigenvalue weighted by Crippen LogP contribution is 2.33. The number of ether oxygens (including phenoxy) is 1. The van der Waals surface area contributed by atoms with E-state index in [9.17, 15) is 13.2 Å². The number of fused-ring (bicyclic) bond motifs is 1. The van der Waals surface area contributed by atoms with E-state index >= 15 is 0 Å². The molecule has 4 rings (SSSR count). The first-order chi connectivity index (χ1) is 13.0. The average Bonchev–Trinajstić information content (AvgIpc) is 2.90. The zero-order valence-corrected chi connectivity index (χ0v) is 14.4. The number of halogens is 3. The molecular weight excluding hydrogens is 353 g/mol. The van der Waals surface area contributed by atoms with Crippen LogP contribution in [0.15, 0.2) is 66.9 Å². The van der Waals surface area contributed by atoms with Crippen LogP contribution < -0.4 is 9.64 Å². The highest BCUT2D eigenvalue weighted by Gasteiger charge is 2.30. The minimum Gasteiger partial charge on any atom is -0.491 e. The molecule has 2 aromatic carbocycles. The Kier molecular flexibility index (Phi) is 4.48. The fraction of sp³-hybridized carbons (Fsp3) is 0.190. The third-order valence-electron chi connectivity index (χ3n) is 4.56. The molecule has 1 aliphatic heterocycles. The predicted octanol–water partition coefficient (Wildman–Crippen LogP) is 5.17. The van der Waals surface area contributed by atoms with E-state index in [0.717, 1.165) is 40.4 Å². The van der Waals surface area contributed by atoms with Crippen LogP contribution in [-0.2, 0) is 12.7 Å². The molecule has 3 nitrogen and oxygen atoms in total. The Bertz CT molecular complexity index is 924. The van der Waals surface area contributed by atoms with Crippen LogP contribution >= 0.6 is 0 Å². The predicted molar refractivity (Wildman–Crippen MR) is 97.7 cm³/mol. The third-order valence-corrected chi connectivity index (χ3v) is 4.56. The first-order valence-corrected chi connectivity index (χ1v) is 8.60. The smallest absolute Gasteiger partial charge is 0.416 e. The van der Waals surface area contributed by atoms with Crippen molar-refractivity contribution >= 4 is 5.82 Å². The maximum atomic E-state index is 12.8. The second-order valence-electron chi connectivity index (χ2n) is 6.36. The number of hydrogen-bond acceptors (Lipinski definition) is 3. The molecule has 0 amide bonds. The van der Waals surface area contributed by atoms with Gasteiger partial charge in [-0.25, -0.2) is 4.98 Å². The number of nitrogens with zero attached hydrogens (tertiary/aromatic N) is 2. The van der Waals surface area contributed by atoms with E-state index in [0.29, 0.717) is 19.7 Å². The number of hydrogen-bond donors (Lipinski definition) is 0. The van der Waals surface area contributed by atoms with Crippen molar-refractivity contribution in [3.05, 3.63) is 78.0 Å². The van der Waals surface area contributed by atoms with Crippen LogP contribution in [-0.4, -0.2) is 18.1 Å². The van der Waals surface area contributed by atoms with Crippen LogP contribution in [0.3, 0.4) is 0 Å². The van der Waals surface area contributed by atoms with Gasteiger partial charge in [0.1, 0.15) is 18.2 Å². The molecule has 138 valence electrons. The number of aromatic nitrogens is 1. The highest BCUT2D eigenvalue weighted by molar-refractivity contribution is 5.66. The minimum absolute atomic E-state index is 0.545. The van der Waals surface area contributed by atoms with Crippen molar-refractivity contribution in [1.29, 1.82) is 0 Å². The first kappa shape index (κ1) is 17.4. The lowest BCUT2D eigenvalue weighted by Crippen LogP contribution is -2.25. The van der Waals surface area contributed by atoms with Crippen molar-refractivity contribution in [2.75, 3.05) is 18.1 Å². The van der Waals surface area contributed by atoms with Crippen molar-refractivity contribution in [2.24, 2.45) is 0 Å². The van der Waals surface area contributed by atoms with Gasteiger partial charge in [-0.1, -0.05) is 24.3 Å². The van der Waals surface area contributed by atoms with Crippen LogP contribution in [0.25, 0.3) is 11.1 Å². The third kappa shape index (κ3) is 3.74. The summed E-state index contributed by atoms with van der Waals surface area (Å²) < 4.78 is 44.1. The average molecular weight is 370 g/mol. The molecule has 1 aromatic heterocycles. The summed E-state index contributed by atoms with van der Waals surface area (Å²) in [5, 5.41) is 0. The number of anilines is 1. The number of benzene rings is 2. The second kappa shape index (κ2) is 6.95. The number of alkyl halides is 3. The van der Waals surface area contributed by atoms with Crippen LogP contribution in [0.1, 0.15) is 11.1 Å². The fourth-order valence-corrected chi connectivity index (χ4v) is 3.16. The second-order valence-corrected chi connectivity index (χ2v) is 6.36. The van der Waals surface area contributed by atoms with Crippen LogP contribution in [0.5, 0.6) is 5.75 Å². The molecule has 0 fully saturated rings. The molecule has 0 N–H and O–H groups in total. The van der Waals surface area contributed by atoms with Gasteiger partial charge in [-0.2, -0.15) is 13.2 Å². The summed E-state index contributed by atoms with van der Waals surface area (Å²) in [6.07, 6.45) is -2.58. The molecule has 0 atom stereocenters. The molecule has 0 bridgehead atoms. The Morgan fingerprint density at radius 1 is 0.926 bits per heavy atom. The summed E-state index contributed by atoms with van der Waals surface area (Å²) in [5.74, 6) is 1.66. The van der Waals surface area contributed by atoms with Gasteiger partial charge in [0.05, 0.1) is 12.1 Å². The summed E-state index contributed by atoms with van der Waals surface area (Å²) in [6, 6.07) is 16.7. The van der Waals surface area contributed by atoms with Crippen molar-refractivity contribution in [2.45, 2.75) is 12.7 Å². The summed E-state index contributed by atoms with van der Waals surface area (Å²) in [5.41, 5.74) is 1.93.